The van der Waals surface area contributed by atoms with Crippen LogP contribution in [0.5, 0.6) is 5.75 Å². The largest absolute Gasteiger partial charge is 0.488 e. The van der Waals surface area contributed by atoms with Crippen molar-refractivity contribution in [2.45, 2.75) is 6.61 Å². The third-order valence-corrected chi connectivity index (χ3v) is 5.25. The molecule has 4 amide bonds. The van der Waals surface area contributed by atoms with Crippen LogP contribution < -0.4 is 15.0 Å². The first-order chi connectivity index (χ1) is 16.7. The highest BCUT2D eigenvalue weighted by molar-refractivity contribution is 6.39. The molecule has 176 valence electrons. The number of hydrogen-bond donors (Lipinski definition) is 1. The Morgan fingerprint density at radius 3 is 2.57 bits per heavy atom. The molecule has 0 aromatic heterocycles. The van der Waals surface area contributed by atoms with Crippen LogP contribution in [0.4, 0.5) is 20.6 Å². The van der Waals surface area contributed by atoms with Crippen molar-refractivity contribution in [3.05, 3.63) is 104 Å². The van der Waals surface area contributed by atoms with Crippen LogP contribution in [0.3, 0.4) is 0 Å². The second-order valence-electron chi connectivity index (χ2n) is 7.30. The Morgan fingerprint density at radius 2 is 1.83 bits per heavy atom. The molecule has 0 radical (unpaired) electrons. The maximum absolute atomic E-state index is 14.0. The van der Waals surface area contributed by atoms with Crippen molar-refractivity contribution in [1.82, 2.24) is 5.32 Å². The Hall–Kier alpha value is -4.57. The molecule has 11 heteroatoms. The van der Waals surface area contributed by atoms with Gasteiger partial charge in [0.2, 0.25) is 0 Å². The number of anilines is 1. The number of halogens is 2. The number of benzene rings is 3. The molecule has 0 bridgehead atoms. The SMILES string of the molecule is O=C1NC(=O)N(c2cccc([N+](=O)[O-])c2)C(=O)/C1=C\c1cc(Cl)ccc1OCc1ccccc1F. The van der Waals surface area contributed by atoms with Crippen molar-refractivity contribution < 1.29 is 28.4 Å². The van der Waals surface area contributed by atoms with Gasteiger partial charge in [0.15, 0.2) is 0 Å². The first kappa shape index (κ1) is 23.6. The van der Waals surface area contributed by atoms with Gasteiger partial charge in [-0.2, -0.15) is 0 Å². The summed E-state index contributed by atoms with van der Waals surface area (Å²) in [6.07, 6.45) is 1.18. The second-order valence-corrected chi connectivity index (χ2v) is 7.73. The van der Waals surface area contributed by atoms with Gasteiger partial charge >= 0.3 is 6.03 Å². The fraction of sp³-hybridized carbons (Fsp3) is 0.0417. The average molecular weight is 496 g/mol. The van der Waals surface area contributed by atoms with E-state index in [1.165, 1.54) is 48.5 Å². The number of barbiturate groups is 1. The van der Waals surface area contributed by atoms with E-state index in [0.717, 1.165) is 6.07 Å². The fourth-order valence-electron chi connectivity index (χ4n) is 3.33. The lowest BCUT2D eigenvalue weighted by atomic mass is 10.1. The number of urea groups is 1. The number of hydrogen-bond acceptors (Lipinski definition) is 6. The minimum atomic E-state index is -1.06. The molecule has 1 heterocycles. The normalized spacial score (nSPS) is 14.7. The van der Waals surface area contributed by atoms with Crippen molar-refractivity contribution in [1.29, 1.82) is 0 Å². The number of carbonyl (C=O) groups excluding carboxylic acids is 3. The number of nitrogens with one attached hydrogen (secondary N) is 1. The third kappa shape index (κ3) is 5.02. The molecule has 0 atom stereocenters. The molecule has 1 saturated heterocycles. The lowest BCUT2D eigenvalue weighted by Crippen LogP contribution is -2.54. The summed E-state index contributed by atoms with van der Waals surface area (Å²) >= 11 is 6.09. The summed E-state index contributed by atoms with van der Waals surface area (Å²) in [6, 6.07) is 14.3. The van der Waals surface area contributed by atoms with Crippen LogP contribution in [0, 0.1) is 15.9 Å². The van der Waals surface area contributed by atoms with Gasteiger partial charge in [-0.1, -0.05) is 35.9 Å². The molecule has 1 aliphatic heterocycles. The summed E-state index contributed by atoms with van der Waals surface area (Å²) < 4.78 is 19.7. The number of nitro groups is 1. The molecule has 9 nitrogen and oxygen atoms in total. The first-order valence-electron chi connectivity index (χ1n) is 10.1. The van der Waals surface area contributed by atoms with Crippen molar-refractivity contribution in [2.75, 3.05) is 4.90 Å². The Bertz CT molecular complexity index is 1410. The van der Waals surface area contributed by atoms with Gasteiger partial charge in [-0.3, -0.25) is 25.0 Å². The number of nitrogens with zero attached hydrogens (tertiary/aromatic N) is 2. The molecule has 1 N–H and O–H groups in total. The quantitative estimate of drug-likeness (QED) is 0.230. The van der Waals surface area contributed by atoms with Gasteiger partial charge in [-0.15, -0.1) is 0 Å². The molecular weight excluding hydrogens is 481 g/mol. The highest BCUT2D eigenvalue weighted by Gasteiger charge is 2.37. The molecule has 35 heavy (non-hydrogen) atoms. The number of rotatable bonds is 6. The lowest BCUT2D eigenvalue weighted by Gasteiger charge is -2.26. The van der Waals surface area contributed by atoms with Crippen molar-refractivity contribution in [2.24, 2.45) is 0 Å². The lowest BCUT2D eigenvalue weighted by molar-refractivity contribution is -0.384. The van der Waals surface area contributed by atoms with E-state index in [-0.39, 0.29) is 39.9 Å². The Morgan fingerprint density at radius 1 is 1.06 bits per heavy atom. The average Bonchev–Trinajstić information content (AvgIpc) is 2.82. The smallest absolute Gasteiger partial charge is 0.335 e. The molecule has 3 aromatic rings. The Balaban J connectivity index is 1.69. The van der Waals surface area contributed by atoms with Crippen molar-refractivity contribution in [3.8, 4) is 5.75 Å². The zero-order valence-electron chi connectivity index (χ0n) is 17.7. The third-order valence-electron chi connectivity index (χ3n) is 5.01. The van der Waals surface area contributed by atoms with Gasteiger partial charge in [0, 0.05) is 28.3 Å². The summed E-state index contributed by atoms with van der Waals surface area (Å²) in [5.74, 6) is -2.24. The van der Waals surface area contributed by atoms with E-state index in [4.69, 9.17) is 16.3 Å². The van der Waals surface area contributed by atoms with E-state index in [9.17, 15) is 28.9 Å². The maximum atomic E-state index is 14.0. The van der Waals surface area contributed by atoms with E-state index in [1.807, 2.05) is 5.32 Å². The predicted molar refractivity (Wildman–Crippen MR) is 124 cm³/mol. The number of ether oxygens (including phenoxy) is 1. The van der Waals surface area contributed by atoms with E-state index < -0.39 is 34.2 Å². The monoisotopic (exact) mass is 495 g/mol. The molecule has 4 rings (SSSR count). The van der Waals surface area contributed by atoms with Crippen LogP contribution in [-0.2, 0) is 16.2 Å². The van der Waals surface area contributed by atoms with Gasteiger partial charge in [0.25, 0.3) is 17.5 Å². The van der Waals surface area contributed by atoms with Gasteiger partial charge in [-0.05, 0) is 36.4 Å². The molecule has 1 aliphatic rings. The zero-order valence-corrected chi connectivity index (χ0v) is 18.5. The number of amides is 4. The number of non-ortho nitro benzene ring substituents is 1. The molecular formula is C24H15ClFN3O6. The minimum absolute atomic E-state index is 0.0952. The van der Waals surface area contributed by atoms with Crippen LogP contribution >= 0.6 is 11.6 Å². The summed E-state index contributed by atoms with van der Waals surface area (Å²) in [4.78, 5) is 49.1. The Labute approximate surface area is 202 Å². The topological polar surface area (TPSA) is 119 Å². The molecule has 0 saturated carbocycles. The maximum Gasteiger partial charge on any atom is 0.335 e. The summed E-state index contributed by atoms with van der Waals surface area (Å²) in [6.45, 7) is -0.136. The van der Waals surface area contributed by atoms with Crippen LogP contribution in [0.2, 0.25) is 5.02 Å². The summed E-state index contributed by atoms with van der Waals surface area (Å²) in [7, 11) is 0. The van der Waals surface area contributed by atoms with Gasteiger partial charge in [-0.25, -0.2) is 14.1 Å². The zero-order chi connectivity index (χ0) is 25.1. The number of carbonyl (C=O) groups is 3. The predicted octanol–water partition coefficient (Wildman–Crippen LogP) is 4.63. The highest BCUT2D eigenvalue weighted by Crippen LogP contribution is 2.29. The molecule has 3 aromatic carbocycles. The van der Waals surface area contributed by atoms with Crippen LogP contribution in [-0.4, -0.2) is 22.8 Å². The molecule has 1 fully saturated rings. The van der Waals surface area contributed by atoms with E-state index in [0.29, 0.717) is 4.90 Å². The van der Waals surface area contributed by atoms with Crippen LogP contribution in [0.25, 0.3) is 6.08 Å². The van der Waals surface area contributed by atoms with E-state index in [2.05, 4.69) is 0 Å². The number of nitro benzene ring substituents is 1. The van der Waals surface area contributed by atoms with E-state index in [1.54, 1.807) is 18.2 Å². The van der Waals surface area contributed by atoms with Gasteiger partial charge in [0.05, 0.1) is 10.6 Å². The van der Waals surface area contributed by atoms with Crippen molar-refractivity contribution >= 4 is 46.9 Å². The summed E-state index contributed by atoms with van der Waals surface area (Å²) in [5.41, 5.74) is -0.365. The second kappa shape index (κ2) is 9.74. The highest BCUT2D eigenvalue weighted by atomic mass is 35.5. The Kier molecular flexibility index (Phi) is 6.56. The molecule has 0 aliphatic carbocycles. The molecule has 0 spiro atoms. The fourth-order valence-corrected chi connectivity index (χ4v) is 3.51. The number of imide groups is 2. The van der Waals surface area contributed by atoms with Crippen LogP contribution in [0.15, 0.2) is 72.3 Å². The van der Waals surface area contributed by atoms with Gasteiger partial charge < -0.3 is 4.74 Å². The van der Waals surface area contributed by atoms with E-state index >= 15 is 0 Å². The van der Waals surface area contributed by atoms with Gasteiger partial charge in [0.1, 0.15) is 23.7 Å². The first-order valence-corrected chi connectivity index (χ1v) is 10.4. The van der Waals surface area contributed by atoms with Crippen LogP contribution in [0.1, 0.15) is 11.1 Å². The standard InChI is InChI=1S/C24H15ClFN3O6/c25-16-8-9-21(35-13-14-4-1-2-7-20(14)26)15(10-16)11-19-22(30)27-24(32)28(23(19)31)17-5-3-6-18(12-17)29(33)34/h1-12H,13H2,(H,27,30,32)/b19-11-. The molecule has 0 unspecified atom stereocenters. The minimum Gasteiger partial charge on any atom is -0.488 e. The van der Waals surface area contributed by atoms with Crippen molar-refractivity contribution in [3.63, 3.8) is 0 Å². The summed E-state index contributed by atoms with van der Waals surface area (Å²) in [5, 5.41) is 13.4.